The summed E-state index contributed by atoms with van der Waals surface area (Å²) in [5.41, 5.74) is 0.785. The molecule has 0 atom stereocenters. The van der Waals surface area contributed by atoms with E-state index in [4.69, 9.17) is 20.8 Å². The molecule has 42 heavy (non-hydrogen) atoms. The summed E-state index contributed by atoms with van der Waals surface area (Å²) in [6, 6.07) is 6.36. The van der Waals surface area contributed by atoms with E-state index in [2.05, 4.69) is 20.6 Å². The number of aromatic nitrogens is 2. The van der Waals surface area contributed by atoms with E-state index in [-0.39, 0.29) is 70.3 Å². The van der Waals surface area contributed by atoms with Crippen molar-refractivity contribution in [3.8, 4) is 0 Å². The van der Waals surface area contributed by atoms with Gasteiger partial charge in [-0.3, -0.25) is 19.2 Å². The third kappa shape index (κ3) is 5.82. The van der Waals surface area contributed by atoms with Crippen LogP contribution in [0.2, 0.25) is 5.02 Å². The molecule has 0 aromatic carbocycles. The van der Waals surface area contributed by atoms with Crippen LogP contribution in [0.4, 0.5) is 11.5 Å². The quantitative estimate of drug-likeness (QED) is 0.439. The predicted molar refractivity (Wildman–Crippen MR) is 153 cm³/mol. The van der Waals surface area contributed by atoms with Gasteiger partial charge in [0.25, 0.3) is 11.8 Å². The molecule has 0 radical (unpaired) electrons. The third-order valence-electron chi connectivity index (χ3n) is 8.10. The summed E-state index contributed by atoms with van der Waals surface area (Å²) in [6.07, 6.45) is 5.82. The summed E-state index contributed by atoms with van der Waals surface area (Å²) in [4.78, 5) is 64.5. The smallest absolute Gasteiger partial charge is 0.294 e. The first-order valence-electron chi connectivity index (χ1n) is 14.2. The summed E-state index contributed by atoms with van der Waals surface area (Å²) in [5.74, 6) is -1.38. The number of rotatable bonds is 6. The maximum atomic E-state index is 13.5. The van der Waals surface area contributed by atoms with E-state index in [1.165, 1.54) is 6.20 Å². The van der Waals surface area contributed by atoms with Gasteiger partial charge in [0.05, 0.1) is 11.6 Å². The van der Waals surface area contributed by atoms with E-state index >= 15 is 0 Å². The number of nitrogens with one attached hydrogen (secondary N) is 2. The Labute approximate surface area is 246 Å². The normalized spacial score (nSPS) is 21.0. The number of ether oxygens (including phenoxy) is 1. The van der Waals surface area contributed by atoms with Crippen LogP contribution in [0.15, 0.2) is 34.9 Å². The van der Waals surface area contributed by atoms with Gasteiger partial charge in [0.2, 0.25) is 17.6 Å². The van der Waals surface area contributed by atoms with Gasteiger partial charge in [-0.15, -0.1) is 0 Å². The number of carbonyl (C=O) groups excluding carboxylic acids is 4. The highest BCUT2D eigenvalue weighted by atomic mass is 35.5. The zero-order valence-electron chi connectivity index (χ0n) is 22.9. The predicted octanol–water partition coefficient (Wildman–Crippen LogP) is 3.72. The molecule has 0 spiro atoms. The molecule has 3 aromatic rings. The van der Waals surface area contributed by atoms with Crippen LogP contribution in [0, 0.1) is 5.92 Å². The van der Waals surface area contributed by atoms with Crippen molar-refractivity contribution in [1.29, 1.82) is 0 Å². The Hall–Kier alpha value is -4.03. The SMILES string of the molecule is O=C(Nc1ccc(Cl)cn1)c1oc2ccc(C(=O)N3CCCC3)nc2c1NC(=O)C1CCC(N2CCOCC2=O)CC1. The van der Waals surface area contributed by atoms with E-state index in [9.17, 15) is 19.2 Å². The number of halogens is 1. The second-order valence-electron chi connectivity index (χ2n) is 10.8. The first kappa shape index (κ1) is 28.1. The summed E-state index contributed by atoms with van der Waals surface area (Å²) in [5, 5.41) is 5.97. The van der Waals surface area contributed by atoms with Gasteiger partial charge >= 0.3 is 0 Å². The summed E-state index contributed by atoms with van der Waals surface area (Å²) >= 11 is 5.92. The molecule has 4 amide bonds. The molecule has 0 bridgehead atoms. The van der Waals surface area contributed by atoms with E-state index in [0.717, 1.165) is 12.8 Å². The Bertz CT molecular complexity index is 1510. The largest absolute Gasteiger partial charge is 0.447 e. The molecular weight excluding hydrogens is 564 g/mol. The van der Waals surface area contributed by atoms with Crippen molar-refractivity contribution in [3.05, 3.63) is 46.9 Å². The maximum Gasteiger partial charge on any atom is 0.294 e. The fourth-order valence-electron chi connectivity index (χ4n) is 5.87. The van der Waals surface area contributed by atoms with Crippen molar-refractivity contribution in [2.45, 2.75) is 44.6 Å². The molecule has 3 aromatic heterocycles. The van der Waals surface area contributed by atoms with E-state index in [0.29, 0.717) is 56.9 Å². The molecule has 12 nitrogen and oxygen atoms in total. The number of furan rings is 1. The number of likely N-dealkylation sites (tertiary alicyclic amines) is 1. The number of amides is 4. The van der Waals surface area contributed by atoms with Gasteiger partial charge in [-0.2, -0.15) is 0 Å². The van der Waals surface area contributed by atoms with Crippen molar-refractivity contribution in [1.82, 2.24) is 19.8 Å². The van der Waals surface area contributed by atoms with Crippen molar-refractivity contribution in [2.24, 2.45) is 5.92 Å². The fraction of sp³-hybridized carbons (Fsp3) is 0.448. The van der Waals surface area contributed by atoms with E-state index in [1.807, 2.05) is 4.90 Å². The Kier molecular flexibility index (Phi) is 8.07. The standard InChI is InChI=1S/C29H31ClN6O6/c30-18-5-10-22(31-15-18)33-28(39)26-25(24-21(42-26)9-8-20(32-24)29(40)35-11-1-2-12-35)34-27(38)17-3-6-19(7-4-17)36-13-14-41-16-23(36)37/h5,8-10,15,17,19H,1-4,6-7,11-14,16H2,(H,34,38)(H,31,33,39). The highest BCUT2D eigenvalue weighted by molar-refractivity contribution is 6.30. The van der Waals surface area contributed by atoms with Crippen molar-refractivity contribution in [2.75, 3.05) is 43.5 Å². The van der Waals surface area contributed by atoms with Gasteiger partial charge in [0, 0.05) is 37.8 Å². The summed E-state index contributed by atoms with van der Waals surface area (Å²) < 4.78 is 11.1. The van der Waals surface area contributed by atoms with Crippen LogP contribution in [0.5, 0.6) is 0 Å². The number of nitrogens with zero attached hydrogens (tertiary/aromatic N) is 4. The van der Waals surface area contributed by atoms with E-state index in [1.54, 1.807) is 29.2 Å². The van der Waals surface area contributed by atoms with Gasteiger partial charge in [-0.1, -0.05) is 11.6 Å². The van der Waals surface area contributed by atoms with E-state index < -0.39 is 5.91 Å². The lowest BCUT2D eigenvalue weighted by Gasteiger charge is -2.38. The lowest BCUT2D eigenvalue weighted by atomic mass is 9.84. The van der Waals surface area contributed by atoms with Gasteiger partial charge in [0.15, 0.2) is 5.58 Å². The van der Waals surface area contributed by atoms with Crippen LogP contribution >= 0.6 is 11.6 Å². The molecule has 3 aliphatic rings. The highest BCUT2D eigenvalue weighted by Gasteiger charge is 2.34. The number of fused-ring (bicyclic) bond motifs is 1. The Morgan fingerprint density at radius 3 is 2.48 bits per heavy atom. The first-order valence-corrected chi connectivity index (χ1v) is 14.6. The molecule has 13 heteroatoms. The summed E-state index contributed by atoms with van der Waals surface area (Å²) in [7, 11) is 0. The van der Waals surface area contributed by atoms with Crippen LogP contribution in [0.25, 0.3) is 11.1 Å². The molecule has 0 unspecified atom stereocenters. The third-order valence-corrected chi connectivity index (χ3v) is 8.32. The molecule has 2 saturated heterocycles. The van der Waals surface area contributed by atoms with Crippen LogP contribution in [-0.2, 0) is 14.3 Å². The molecule has 1 saturated carbocycles. The Morgan fingerprint density at radius 1 is 0.976 bits per heavy atom. The molecule has 3 fully saturated rings. The van der Waals surface area contributed by atoms with Crippen LogP contribution in [0.1, 0.15) is 59.6 Å². The average Bonchev–Trinajstić information content (AvgIpc) is 3.67. The lowest BCUT2D eigenvalue weighted by molar-refractivity contribution is -0.146. The number of carbonyl (C=O) groups is 4. The summed E-state index contributed by atoms with van der Waals surface area (Å²) in [6.45, 7) is 2.50. The van der Waals surface area contributed by atoms with Gasteiger partial charge in [-0.05, 0) is 62.8 Å². The Morgan fingerprint density at radius 2 is 1.76 bits per heavy atom. The topological polar surface area (TPSA) is 147 Å². The molecule has 6 rings (SSSR count). The fourth-order valence-corrected chi connectivity index (χ4v) is 5.98. The molecule has 1 aliphatic carbocycles. The van der Waals surface area contributed by atoms with Crippen LogP contribution < -0.4 is 10.6 Å². The van der Waals surface area contributed by atoms with Crippen LogP contribution in [-0.4, -0.2) is 82.3 Å². The number of pyridine rings is 2. The number of hydrogen-bond donors (Lipinski definition) is 2. The zero-order chi connectivity index (χ0) is 29.2. The number of hydrogen-bond acceptors (Lipinski definition) is 8. The van der Waals surface area contributed by atoms with Gasteiger partial charge < -0.3 is 29.6 Å². The minimum Gasteiger partial charge on any atom is -0.447 e. The van der Waals surface area contributed by atoms with Crippen molar-refractivity contribution < 1.29 is 28.3 Å². The average molecular weight is 595 g/mol. The first-order chi connectivity index (χ1) is 20.4. The Balaban J connectivity index is 1.25. The molecular formula is C29H31ClN6O6. The molecule has 5 heterocycles. The minimum absolute atomic E-state index is 0.0183. The maximum absolute atomic E-state index is 13.5. The van der Waals surface area contributed by atoms with Crippen molar-refractivity contribution >= 4 is 57.8 Å². The van der Waals surface area contributed by atoms with Crippen LogP contribution in [0.3, 0.4) is 0 Å². The van der Waals surface area contributed by atoms with Gasteiger partial charge in [-0.25, -0.2) is 9.97 Å². The second kappa shape index (κ2) is 12.1. The minimum atomic E-state index is -0.639. The number of morpholine rings is 1. The lowest BCUT2D eigenvalue weighted by Crippen LogP contribution is -2.49. The zero-order valence-corrected chi connectivity index (χ0v) is 23.7. The molecule has 2 N–H and O–H groups in total. The van der Waals surface area contributed by atoms with Crippen molar-refractivity contribution in [3.63, 3.8) is 0 Å². The number of anilines is 2. The monoisotopic (exact) mass is 594 g/mol. The highest BCUT2D eigenvalue weighted by Crippen LogP contribution is 2.34. The molecule has 2 aliphatic heterocycles. The second-order valence-corrected chi connectivity index (χ2v) is 11.2. The van der Waals surface area contributed by atoms with Gasteiger partial charge in [0.1, 0.15) is 29.3 Å². The molecule has 220 valence electrons.